The molecule has 0 saturated carbocycles. The van der Waals surface area contributed by atoms with E-state index >= 15 is 0 Å². The molecule has 0 heterocycles. The van der Waals surface area contributed by atoms with Gasteiger partial charge in [-0.3, -0.25) is 0 Å². The third-order valence-corrected chi connectivity index (χ3v) is 4.23. The van der Waals surface area contributed by atoms with Gasteiger partial charge < -0.3 is 20.9 Å². The second-order valence-electron chi connectivity index (χ2n) is 4.89. The van der Waals surface area contributed by atoms with Gasteiger partial charge in [0.1, 0.15) is 11.6 Å². The molecular formula is C11H22N2O4S2. The average Bonchev–Trinajstić information content (AvgIpc) is 2.24. The van der Waals surface area contributed by atoms with E-state index in [9.17, 15) is 9.59 Å². The fourth-order valence-corrected chi connectivity index (χ4v) is 3.15. The Kier molecular flexibility index (Phi) is 8.28. The van der Waals surface area contributed by atoms with Crippen molar-refractivity contribution < 1.29 is 19.4 Å². The Labute approximate surface area is 121 Å². The summed E-state index contributed by atoms with van der Waals surface area (Å²) in [5.41, 5.74) is 4.91. The molecule has 4 N–H and O–H groups in total. The van der Waals surface area contributed by atoms with Crippen LogP contribution in [-0.2, 0) is 9.53 Å². The zero-order valence-corrected chi connectivity index (χ0v) is 13.3. The normalized spacial score (nSPS) is 14.6. The van der Waals surface area contributed by atoms with Gasteiger partial charge in [0, 0.05) is 11.8 Å². The van der Waals surface area contributed by atoms with Gasteiger partial charge in [0.05, 0.1) is 0 Å². The highest BCUT2D eigenvalue weighted by Crippen LogP contribution is 2.26. The number of carbonyl (C=O) groups excluding carboxylic acids is 1. The average molecular weight is 310 g/mol. The van der Waals surface area contributed by atoms with Crippen molar-refractivity contribution in [2.75, 3.05) is 12.8 Å². The highest BCUT2D eigenvalue weighted by molar-refractivity contribution is 8.76. The first kappa shape index (κ1) is 18.4. The number of carboxylic acid groups (broad SMARTS) is 1. The third kappa shape index (κ3) is 9.01. The number of hydrogen-bond donors (Lipinski definition) is 3. The fourth-order valence-electron chi connectivity index (χ4n) is 1.25. The largest absolute Gasteiger partial charge is 0.480 e. The number of nitrogens with two attached hydrogens (primary N) is 1. The first-order valence-electron chi connectivity index (χ1n) is 5.81. The van der Waals surface area contributed by atoms with E-state index in [-0.39, 0.29) is 11.7 Å². The molecule has 6 nitrogen and oxygen atoms in total. The second-order valence-corrected chi connectivity index (χ2v) is 7.66. The monoisotopic (exact) mass is 310 g/mol. The number of alkyl carbamates (subject to hydrolysis) is 1. The molecule has 2 atom stereocenters. The van der Waals surface area contributed by atoms with Crippen molar-refractivity contribution >= 4 is 33.7 Å². The lowest BCUT2D eigenvalue weighted by molar-refractivity contribution is -0.139. The number of nitrogens with one attached hydrogen (secondary N) is 1. The van der Waals surface area contributed by atoms with E-state index in [2.05, 4.69) is 5.32 Å². The van der Waals surface area contributed by atoms with Gasteiger partial charge in [-0.15, -0.1) is 0 Å². The van der Waals surface area contributed by atoms with Crippen molar-refractivity contribution in [3.8, 4) is 0 Å². The lowest BCUT2D eigenvalue weighted by Gasteiger charge is -2.23. The van der Waals surface area contributed by atoms with Crippen molar-refractivity contribution in [2.45, 2.75) is 44.1 Å². The van der Waals surface area contributed by atoms with Crippen LogP contribution in [0.4, 0.5) is 4.79 Å². The first-order chi connectivity index (χ1) is 8.69. The SMILES string of the molecule is CSSC(CN)C[C@H](NC(=O)OC(C)(C)C)C(=O)O. The maximum absolute atomic E-state index is 11.6. The highest BCUT2D eigenvalue weighted by atomic mass is 33.1. The van der Waals surface area contributed by atoms with Gasteiger partial charge in [0.2, 0.25) is 0 Å². The Morgan fingerprint density at radius 2 is 2.00 bits per heavy atom. The fraction of sp³-hybridized carbons (Fsp3) is 0.818. The van der Waals surface area contributed by atoms with Gasteiger partial charge in [0.15, 0.2) is 0 Å². The molecule has 112 valence electrons. The Balaban J connectivity index is 4.49. The summed E-state index contributed by atoms with van der Waals surface area (Å²) < 4.78 is 5.04. The predicted octanol–water partition coefficient (Wildman–Crippen LogP) is 1.69. The smallest absolute Gasteiger partial charge is 0.408 e. The molecule has 1 unspecified atom stereocenters. The van der Waals surface area contributed by atoms with Crippen molar-refractivity contribution in [3.05, 3.63) is 0 Å². The first-order valence-corrected chi connectivity index (χ1v) is 8.43. The van der Waals surface area contributed by atoms with E-state index in [1.165, 1.54) is 21.6 Å². The summed E-state index contributed by atoms with van der Waals surface area (Å²) in [4.78, 5) is 22.7. The number of aliphatic carboxylic acids is 1. The Morgan fingerprint density at radius 1 is 1.42 bits per heavy atom. The minimum absolute atomic E-state index is 0.0361. The van der Waals surface area contributed by atoms with Crippen LogP contribution in [0.1, 0.15) is 27.2 Å². The molecule has 0 spiro atoms. The van der Waals surface area contributed by atoms with Crippen LogP contribution in [0.3, 0.4) is 0 Å². The van der Waals surface area contributed by atoms with Gasteiger partial charge >= 0.3 is 12.1 Å². The van der Waals surface area contributed by atoms with Gasteiger partial charge in [-0.2, -0.15) is 0 Å². The molecule has 19 heavy (non-hydrogen) atoms. The number of hydrogen-bond acceptors (Lipinski definition) is 6. The maximum atomic E-state index is 11.6. The Morgan fingerprint density at radius 3 is 2.37 bits per heavy atom. The van der Waals surface area contributed by atoms with E-state index in [4.69, 9.17) is 15.6 Å². The zero-order chi connectivity index (χ0) is 15.1. The van der Waals surface area contributed by atoms with E-state index in [1.807, 2.05) is 6.26 Å². The summed E-state index contributed by atoms with van der Waals surface area (Å²) in [5.74, 6) is -1.09. The van der Waals surface area contributed by atoms with E-state index in [1.54, 1.807) is 20.8 Å². The predicted molar refractivity (Wildman–Crippen MR) is 79.4 cm³/mol. The number of amides is 1. The molecule has 0 radical (unpaired) electrons. The molecule has 0 aromatic carbocycles. The number of ether oxygens (including phenoxy) is 1. The Bertz CT molecular complexity index is 308. The topological polar surface area (TPSA) is 102 Å². The number of rotatable bonds is 7. The van der Waals surface area contributed by atoms with Crippen molar-refractivity contribution in [1.29, 1.82) is 0 Å². The van der Waals surface area contributed by atoms with Gasteiger partial charge in [-0.25, -0.2) is 9.59 Å². The van der Waals surface area contributed by atoms with Crippen LogP contribution in [0.15, 0.2) is 0 Å². The van der Waals surface area contributed by atoms with Crippen LogP contribution in [-0.4, -0.2) is 46.9 Å². The molecule has 0 aliphatic carbocycles. The molecule has 0 rings (SSSR count). The minimum atomic E-state index is -1.09. The molecule has 0 aromatic heterocycles. The molecule has 0 aliphatic heterocycles. The summed E-state index contributed by atoms with van der Waals surface area (Å²) in [6.07, 6.45) is 1.42. The van der Waals surface area contributed by atoms with Crippen LogP contribution < -0.4 is 11.1 Å². The van der Waals surface area contributed by atoms with Crippen LogP contribution in [0.2, 0.25) is 0 Å². The van der Waals surface area contributed by atoms with E-state index in [0.717, 1.165) is 0 Å². The quantitative estimate of drug-likeness (QED) is 0.615. The molecule has 0 bridgehead atoms. The van der Waals surface area contributed by atoms with Gasteiger partial charge in [0.25, 0.3) is 0 Å². The van der Waals surface area contributed by atoms with Gasteiger partial charge in [-0.05, 0) is 33.4 Å². The summed E-state index contributed by atoms with van der Waals surface area (Å²) in [6.45, 7) is 5.50. The van der Waals surface area contributed by atoms with Crippen molar-refractivity contribution in [2.24, 2.45) is 5.73 Å². The van der Waals surface area contributed by atoms with Crippen LogP contribution >= 0.6 is 21.6 Å². The summed E-state index contributed by atoms with van der Waals surface area (Å²) in [5, 5.41) is 11.4. The molecule has 1 amide bonds. The highest BCUT2D eigenvalue weighted by Gasteiger charge is 2.26. The number of carbonyl (C=O) groups is 2. The van der Waals surface area contributed by atoms with E-state index in [0.29, 0.717) is 6.54 Å². The molecule has 0 aromatic rings. The standard InChI is InChI=1S/C11H22N2O4S2/c1-11(2,3)17-10(16)13-8(9(14)15)5-7(6-12)19-18-4/h7-8H,5-6,12H2,1-4H3,(H,13,16)(H,14,15)/t7?,8-/m0/s1. The van der Waals surface area contributed by atoms with Crippen LogP contribution in [0.25, 0.3) is 0 Å². The maximum Gasteiger partial charge on any atom is 0.408 e. The minimum Gasteiger partial charge on any atom is -0.480 e. The summed E-state index contributed by atoms with van der Waals surface area (Å²) in [6, 6.07) is -0.997. The van der Waals surface area contributed by atoms with Gasteiger partial charge in [-0.1, -0.05) is 21.6 Å². The third-order valence-electron chi connectivity index (χ3n) is 1.98. The van der Waals surface area contributed by atoms with E-state index < -0.39 is 23.7 Å². The summed E-state index contributed by atoms with van der Waals surface area (Å²) in [7, 11) is 3.02. The zero-order valence-electron chi connectivity index (χ0n) is 11.6. The molecular weight excluding hydrogens is 288 g/mol. The van der Waals surface area contributed by atoms with Crippen LogP contribution in [0, 0.1) is 0 Å². The lowest BCUT2D eigenvalue weighted by Crippen LogP contribution is -2.45. The van der Waals surface area contributed by atoms with Crippen LogP contribution in [0.5, 0.6) is 0 Å². The molecule has 0 saturated heterocycles. The molecule has 0 aliphatic rings. The van der Waals surface area contributed by atoms with Crippen molar-refractivity contribution in [1.82, 2.24) is 5.32 Å². The molecule has 8 heteroatoms. The Hall–Kier alpha value is -0.600. The summed E-state index contributed by atoms with van der Waals surface area (Å²) >= 11 is 0. The van der Waals surface area contributed by atoms with Crippen molar-refractivity contribution in [3.63, 3.8) is 0 Å². The lowest BCUT2D eigenvalue weighted by atomic mass is 10.1. The number of carboxylic acids is 1. The second kappa shape index (κ2) is 8.55. The molecule has 0 fully saturated rings.